The summed E-state index contributed by atoms with van der Waals surface area (Å²) in [6.45, 7) is 4.68. The summed E-state index contributed by atoms with van der Waals surface area (Å²) < 4.78 is 0. The van der Waals surface area contributed by atoms with E-state index in [-0.39, 0.29) is 18.4 Å². The van der Waals surface area contributed by atoms with Crippen LogP contribution in [0.1, 0.15) is 44.4 Å². The highest BCUT2D eigenvalue weighted by Gasteiger charge is 2.35. The van der Waals surface area contributed by atoms with Crippen LogP contribution >= 0.6 is 11.3 Å². The number of amides is 2. The van der Waals surface area contributed by atoms with E-state index in [2.05, 4.69) is 5.32 Å². The molecule has 1 saturated heterocycles. The Kier molecular flexibility index (Phi) is 6.18. The van der Waals surface area contributed by atoms with Gasteiger partial charge >= 0.3 is 0 Å². The second kappa shape index (κ2) is 7.93. The number of carbonyl (C=O) groups is 2. The number of nitrogens with one attached hydrogen (secondary N) is 1. The summed E-state index contributed by atoms with van der Waals surface area (Å²) in [7, 11) is 0. The van der Waals surface area contributed by atoms with Crippen molar-refractivity contribution in [2.24, 2.45) is 0 Å². The summed E-state index contributed by atoms with van der Waals surface area (Å²) in [5.74, 6) is -0.145. The SMILES string of the molecule is CCC(O)(CC)CNC(=O)C1CCCN1C(=O)Cc1cccs1. The van der Waals surface area contributed by atoms with E-state index in [1.165, 1.54) is 0 Å². The predicted molar refractivity (Wildman–Crippen MR) is 91.3 cm³/mol. The molecule has 0 saturated carbocycles. The molecule has 23 heavy (non-hydrogen) atoms. The minimum absolute atomic E-state index is 0.00587. The third-order valence-corrected chi connectivity index (χ3v) is 5.57. The highest BCUT2D eigenvalue weighted by Crippen LogP contribution is 2.21. The van der Waals surface area contributed by atoms with Gasteiger partial charge in [0, 0.05) is 18.0 Å². The molecule has 0 spiro atoms. The van der Waals surface area contributed by atoms with Crippen molar-refractivity contribution in [2.75, 3.05) is 13.1 Å². The molecule has 1 unspecified atom stereocenters. The van der Waals surface area contributed by atoms with Crippen molar-refractivity contribution >= 4 is 23.2 Å². The molecule has 2 heterocycles. The summed E-state index contributed by atoms with van der Waals surface area (Å²) >= 11 is 1.56. The number of carbonyl (C=O) groups excluding carboxylic acids is 2. The Morgan fingerprint density at radius 3 is 2.78 bits per heavy atom. The zero-order valence-corrected chi connectivity index (χ0v) is 14.7. The molecule has 0 radical (unpaired) electrons. The van der Waals surface area contributed by atoms with Crippen molar-refractivity contribution in [3.05, 3.63) is 22.4 Å². The van der Waals surface area contributed by atoms with Gasteiger partial charge in [0.05, 0.1) is 12.0 Å². The van der Waals surface area contributed by atoms with E-state index in [9.17, 15) is 14.7 Å². The van der Waals surface area contributed by atoms with Crippen molar-refractivity contribution in [1.82, 2.24) is 10.2 Å². The second-order valence-electron chi connectivity index (χ2n) is 6.15. The largest absolute Gasteiger partial charge is 0.388 e. The smallest absolute Gasteiger partial charge is 0.242 e. The zero-order valence-electron chi connectivity index (χ0n) is 13.9. The minimum Gasteiger partial charge on any atom is -0.388 e. The fourth-order valence-corrected chi connectivity index (χ4v) is 3.57. The average Bonchev–Trinajstić information content (AvgIpc) is 3.23. The van der Waals surface area contributed by atoms with Gasteiger partial charge in [0.2, 0.25) is 11.8 Å². The van der Waals surface area contributed by atoms with Gasteiger partial charge in [-0.3, -0.25) is 9.59 Å². The normalized spacial score (nSPS) is 18.2. The molecular weight excluding hydrogens is 312 g/mol. The first kappa shape index (κ1) is 17.9. The first-order chi connectivity index (χ1) is 11.0. The molecule has 0 aromatic carbocycles. The van der Waals surface area contributed by atoms with E-state index in [1.807, 2.05) is 31.4 Å². The first-order valence-electron chi connectivity index (χ1n) is 8.31. The number of aliphatic hydroxyl groups is 1. The molecule has 5 nitrogen and oxygen atoms in total. The number of nitrogens with zero attached hydrogens (tertiary/aromatic N) is 1. The molecular formula is C17H26N2O3S. The van der Waals surface area contributed by atoms with Crippen LogP contribution in [0.15, 0.2) is 17.5 Å². The fourth-order valence-electron chi connectivity index (χ4n) is 2.87. The molecule has 2 N–H and O–H groups in total. The molecule has 1 aromatic rings. The molecule has 128 valence electrons. The van der Waals surface area contributed by atoms with Gasteiger partial charge in [-0.25, -0.2) is 0 Å². The molecule has 2 amide bonds. The lowest BCUT2D eigenvalue weighted by Gasteiger charge is -2.28. The predicted octanol–water partition coefficient (Wildman–Crippen LogP) is 1.95. The van der Waals surface area contributed by atoms with Crippen LogP contribution in [0, 0.1) is 0 Å². The summed E-state index contributed by atoms with van der Waals surface area (Å²) in [5, 5.41) is 15.1. The van der Waals surface area contributed by atoms with Crippen LogP contribution in [0.3, 0.4) is 0 Å². The molecule has 1 atom stereocenters. The zero-order chi connectivity index (χ0) is 16.9. The van der Waals surface area contributed by atoms with Gasteiger partial charge in [0.15, 0.2) is 0 Å². The van der Waals surface area contributed by atoms with Gasteiger partial charge < -0.3 is 15.3 Å². The maximum Gasteiger partial charge on any atom is 0.242 e. The number of hydrogen-bond acceptors (Lipinski definition) is 4. The number of thiophene rings is 1. The molecule has 6 heteroatoms. The Morgan fingerprint density at radius 2 is 2.17 bits per heavy atom. The summed E-state index contributed by atoms with van der Waals surface area (Å²) in [4.78, 5) is 27.6. The van der Waals surface area contributed by atoms with Gasteiger partial charge in [-0.2, -0.15) is 0 Å². The van der Waals surface area contributed by atoms with Crippen LogP contribution in [0.25, 0.3) is 0 Å². The lowest BCUT2D eigenvalue weighted by atomic mass is 9.97. The number of rotatable bonds is 7. The van der Waals surface area contributed by atoms with Crippen LogP contribution in [0.4, 0.5) is 0 Å². The van der Waals surface area contributed by atoms with E-state index < -0.39 is 11.6 Å². The molecule has 1 aromatic heterocycles. The van der Waals surface area contributed by atoms with Crippen molar-refractivity contribution in [3.8, 4) is 0 Å². The maximum absolute atomic E-state index is 12.4. The fraction of sp³-hybridized carbons (Fsp3) is 0.647. The highest BCUT2D eigenvalue weighted by atomic mass is 32.1. The van der Waals surface area contributed by atoms with E-state index in [0.29, 0.717) is 32.2 Å². The van der Waals surface area contributed by atoms with E-state index >= 15 is 0 Å². The molecule has 1 aliphatic heterocycles. The van der Waals surface area contributed by atoms with Crippen LogP contribution in [0.2, 0.25) is 0 Å². The van der Waals surface area contributed by atoms with Crippen molar-refractivity contribution in [3.63, 3.8) is 0 Å². The van der Waals surface area contributed by atoms with Crippen LogP contribution in [0.5, 0.6) is 0 Å². The molecule has 0 bridgehead atoms. The Hall–Kier alpha value is -1.40. The first-order valence-corrected chi connectivity index (χ1v) is 9.19. The number of hydrogen-bond donors (Lipinski definition) is 2. The maximum atomic E-state index is 12.4. The Bertz CT molecular complexity index is 526. The highest BCUT2D eigenvalue weighted by molar-refractivity contribution is 7.10. The van der Waals surface area contributed by atoms with Crippen molar-refractivity contribution in [2.45, 2.75) is 57.6 Å². The molecule has 0 aliphatic carbocycles. The topological polar surface area (TPSA) is 69.6 Å². The van der Waals surface area contributed by atoms with Crippen molar-refractivity contribution < 1.29 is 14.7 Å². The second-order valence-corrected chi connectivity index (χ2v) is 7.18. The van der Waals surface area contributed by atoms with E-state index in [0.717, 1.165) is 11.3 Å². The van der Waals surface area contributed by atoms with Crippen LogP contribution in [-0.4, -0.2) is 46.6 Å². The van der Waals surface area contributed by atoms with Crippen LogP contribution in [-0.2, 0) is 16.0 Å². The Balaban J connectivity index is 1.92. The van der Waals surface area contributed by atoms with E-state index in [4.69, 9.17) is 0 Å². The third kappa shape index (κ3) is 4.54. The van der Waals surface area contributed by atoms with E-state index in [1.54, 1.807) is 16.2 Å². The summed E-state index contributed by atoms with van der Waals surface area (Å²) in [6.07, 6.45) is 3.08. The Morgan fingerprint density at radius 1 is 1.43 bits per heavy atom. The monoisotopic (exact) mass is 338 g/mol. The molecule has 1 fully saturated rings. The molecule has 1 aliphatic rings. The number of likely N-dealkylation sites (tertiary alicyclic amines) is 1. The third-order valence-electron chi connectivity index (χ3n) is 4.69. The molecule has 2 rings (SSSR count). The Labute approximate surface area is 141 Å². The standard InChI is InChI=1S/C17H26N2O3S/c1-3-17(22,4-2)12-18-16(21)14-8-5-9-19(14)15(20)11-13-7-6-10-23-13/h6-7,10,14,22H,3-5,8-9,11-12H2,1-2H3,(H,18,21). The summed E-state index contributed by atoms with van der Waals surface area (Å²) in [5.41, 5.74) is -0.861. The van der Waals surface area contributed by atoms with Gasteiger partial charge in [0.25, 0.3) is 0 Å². The summed E-state index contributed by atoms with van der Waals surface area (Å²) in [6, 6.07) is 3.47. The lowest BCUT2D eigenvalue weighted by molar-refractivity contribution is -0.138. The van der Waals surface area contributed by atoms with Gasteiger partial charge in [-0.1, -0.05) is 19.9 Å². The van der Waals surface area contributed by atoms with Gasteiger partial charge in [-0.15, -0.1) is 11.3 Å². The lowest BCUT2D eigenvalue weighted by Crippen LogP contribution is -2.50. The average molecular weight is 338 g/mol. The minimum atomic E-state index is -0.861. The van der Waals surface area contributed by atoms with Crippen LogP contribution < -0.4 is 5.32 Å². The van der Waals surface area contributed by atoms with Gasteiger partial charge in [0.1, 0.15) is 6.04 Å². The van der Waals surface area contributed by atoms with Crippen molar-refractivity contribution in [1.29, 1.82) is 0 Å². The van der Waals surface area contributed by atoms with Gasteiger partial charge in [-0.05, 0) is 37.1 Å². The quantitative estimate of drug-likeness (QED) is 0.798.